The molecule has 1 saturated carbocycles. The molecule has 1 aliphatic rings. The van der Waals surface area contributed by atoms with E-state index in [1.807, 2.05) is 0 Å². The van der Waals surface area contributed by atoms with Crippen LogP contribution in [-0.2, 0) is 0 Å². The van der Waals surface area contributed by atoms with Gasteiger partial charge in [0, 0.05) is 23.1 Å². The third-order valence-electron chi connectivity index (χ3n) is 4.45. The molecule has 2 rings (SSSR count). The molecule has 0 amide bonds. The van der Waals surface area contributed by atoms with Crippen LogP contribution in [0.5, 0.6) is 0 Å². The number of likely N-dealkylation sites (N-methyl/N-ethyl adjacent to an activating group) is 1. The minimum Gasteiger partial charge on any atom is -0.329 e. The Morgan fingerprint density at radius 2 is 2.00 bits per heavy atom. The molecule has 1 aromatic carbocycles. The molecule has 0 heterocycles. The quantitative estimate of drug-likeness (QED) is 0.906. The zero-order valence-electron chi connectivity index (χ0n) is 12.0. The van der Waals surface area contributed by atoms with Crippen molar-refractivity contribution in [3.05, 3.63) is 33.8 Å². The van der Waals surface area contributed by atoms with Crippen molar-refractivity contribution in [2.45, 2.75) is 51.1 Å². The molecule has 3 heteroatoms. The summed E-state index contributed by atoms with van der Waals surface area (Å²) in [5, 5.41) is 0. The van der Waals surface area contributed by atoms with Gasteiger partial charge in [0.05, 0.1) is 0 Å². The van der Waals surface area contributed by atoms with E-state index >= 15 is 0 Å². The number of hydrogen-bond acceptors (Lipinski definition) is 2. The molecule has 1 unspecified atom stereocenters. The van der Waals surface area contributed by atoms with Gasteiger partial charge in [0.25, 0.3) is 0 Å². The highest BCUT2D eigenvalue weighted by atomic mass is 79.9. The Morgan fingerprint density at radius 3 is 2.58 bits per heavy atom. The van der Waals surface area contributed by atoms with Gasteiger partial charge in [-0.25, -0.2) is 0 Å². The fourth-order valence-corrected chi connectivity index (χ4v) is 3.49. The number of nitrogens with zero attached hydrogens (tertiary/aromatic N) is 1. The van der Waals surface area contributed by atoms with Crippen molar-refractivity contribution < 1.29 is 0 Å². The van der Waals surface area contributed by atoms with Crippen LogP contribution in [0.25, 0.3) is 0 Å². The van der Waals surface area contributed by atoms with Gasteiger partial charge in [0.15, 0.2) is 0 Å². The fraction of sp³-hybridized carbons (Fsp3) is 0.625. The van der Waals surface area contributed by atoms with Gasteiger partial charge in [-0.1, -0.05) is 47.3 Å². The van der Waals surface area contributed by atoms with E-state index in [2.05, 4.69) is 53.0 Å². The number of hydrogen-bond donors (Lipinski definition) is 1. The van der Waals surface area contributed by atoms with E-state index in [-0.39, 0.29) is 0 Å². The van der Waals surface area contributed by atoms with Gasteiger partial charge in [-0.2, -0.15) is 0 Å². The second-order valence-electron chi connectivity index (χ2n) is 5.72. The van der Waals surface area contributed by atoms with Gasteiger partial charge in [-0.05, 0) is 44.0 Å². The highest BCUT2D eigenvalue weighted by Crippen LogP contribution is 2.30. The maximum Gasteiger partial charge on any atom is 0.0470 e. The Hall–Kier alpha value is -0.380. The molecule has 106 valence electrons. The standard InChI is InChI=1S/C16H25BrN2/c1-12-8-9-13(10-15(12)17)16(11-18)19(2)14-6-4-3-5-7-14/h8-10,14,16H,3-7,11,18H2,1-2H3. The van der Waals surface area contributed by atoms with Crippen molar-refractivity contribution in [2.75, 3.05) is 13.6 Å². The monoisotopic (exact) mass is 324 g/mol. The zero-order chi connectivity index (χ0) is 13.8. The molecule has 0 aromatic heterocycles. The first-order valence-electron chi connectivity index (χ1n) is 7.31. The maximum atomic E-state index is 6.04. The summed E-state index contributed by atoms with van der Waals surface area (Å²) in [6.07, 6.45) is 6.77. The van der Waals surface area contributed by atoms with Gasteiger partial charge in [-0.3, -0.25) is 4.90 Å². The molecule has 2 nitrogen and oxygen atoms in total. The fourth-order valence-electron chi connectivity index (χ4n) is 3.10. The van der Waals surface area contributed by atoms with Crippen LogP contribution >= 0.6 is 15.9 Å². The second kappa shape index (κ2) is 6.87. The third kappa shape index (κ3) is 3.59. The van der Waals surface area contributed by atoms with Gasteiger partial charge in [-0.15, -0.1) is 0 Å². The van der Waals surface area contributed by atoms with Crippen LogP contribution in [0.1, 0.15) is 49.3 Å². The third-order valence-corrected chi connectivity index (χ3v) is 5.30. The van der Waals surface area contributed by atoms with E-state index in [0.717, 1.165) is 0 Å². The summed E-state index contributed by atoms with van der Waals surface area (Å²) in [7, 11) is 2.24. The van der Waals surface area contributed by atoms with E-state index in [4.69, 9.17) is 5.73 Å². The summed E-state index contributed by atoms with van der Waals surface area (Å²) in [5.41, 5.74) is 8.65. The SMILES string of the molecule is Cc1ccc(C(CN)N(C)C2CCCCC2)cc1Br. The summed E-state index contributed by atoms with van der Waals surface area (Å²) < 4.78 is 1.18. The van der Waals surface area contributed by atoms with Crippen LogP contribution in [0.2, 0.25) is 0 Å². The molecule has 1 fully saturated rings. The topological polar surface area (TPSA) is 29.3 Å². The predicted molar refractivity (Wildman–Crippen MR) is 85.3 cm³/mol. The van der Waals surface area contributed by atoms with E-state index in [1.165, 1.54) is 47.7 Å². The van der Waals surface area contributed by atoms with Crippen LogP contribution < -0.4 is 5.73 Å². The van der Waals surface area contributed by atoms with Crippen molar-refractivity contribution in [1.29, 1.82) is 0 Å². The zero-order valence-corrected chi connectivity index (χ0v) is 13.6. The van der Waals surface area contributed by atoms with Crippen molar-refractivity contribution in [2.24, 2.45) is 5.73 Å². The molecule has 0 saturated heterocycles. The van der Waals surface area contributed by atoms with E-state index in [1.54, 1.807) is 0 Å². The van der Waals surface area contributed by atoms with Gasteiger partial charge < -0.3 is 5.73 Å². The number of rotatable bonds is 4. The lowest BCUT2D eigenvalue weighted by Crippen LogP contribution is -2.39. The van der Waals surface area contributed by atoms with Crippen LogP contribution in [-0.4, -0.2) is 24.5 Å². The van der Waals surface area contributed by atoms with Crippen molar-refractivity contribution >= 4 is 15.9 Å². The number of benzene rings is 1. The summed E-state index contributed by atoms with van der Waals surface area (Å²) in [4.78, 5) is 2.50. The number of nitrogens with two attached hydrogens (primary N) is 1. The van der Waals surface area contributed by atoms with Crippen molar-refractivity contribution in [3.63, 3.8) is 0 Å². The highest BCUT2D eigenvalue weighted by molar-refractivity contribution is 9.10. The minimum absolute atomic E-state index is 0.333. The minimum atomic E-state index is 0.333. The summed E-state index contributed by atoms with van der Waals surface area (Å²) >= 11 is 3.63. The highest BCUT2D eigenvalue weighted by Gasteiger charge is 2.24. The van der Waals surface area contributed by atoms with E-state index < -0.39 is 0 Å². The average molecular weight is 325 g/mol. The van der Waals surface area contributed by atoms with Crippen LogP contribution in [0.3, 0.4) is 0 Å². The smallest absolute Gasteiger partial charge is 0.0470 e. The molecule has 2 N–H and O–H groups in total. The Bertz CT molecular complexity index is 413. The molecule has 19 heavy (non-hydrogen) atoms. The van der Waals surface area contributed by atoms with Crippen molar-refractivity contribution in [1.82, 2.24) is 4.90 Å². The molecule has 0 spiro atoms. The van der Waals surface area contributed by atoms with Crippen LogP contribution in [0, 0.1) is 6.92 Å². The molecular formula is C16H25BrN2. The normalized spacial score (nSPS) is 18.8. The molecule has 0 radical (unpaired) electrons. The first-order chi connectivity index (χ1) is 9.13. The molecule has 0 aliphatic heterocycles. The molecule has 0 bridgehead atoms. The number of halogens is 1. The van der Waals surface area contributed by atoms with Gasteiger partial charge >= 0.3 is 0 Å². The molecular weight excluding hydrogens is 300 g/mol. The van der Waals surface area contributed by atoms with Gasteiger partial charge in [0.1, 0.15) is 0 Å². The Labute approximate surface area is 125 Å². The van der Waals surface area contributed by atoms with Crippen LogP contribution in [0.4, 0.5) is 0 Å². The first-order valence-corrected chi connectivity index (χ1v) is 8.11. The van der Waals surface area contributed by atoms with E-state index in [0.29, 0.717) is 18.6 Å². The maximum absolute atomic E-state index is 6.04. The van der Waals surface area contributed by atoms with Crippen LogP contribution in [0.15, 0.2) is 22.7 Å². The van der Waals surface area contributed by atoms with Crippen molar-refractivity contribution in [3.8, 4) is 0 Å². The molecule has 1 atom stereocenters. The summed E-state index contributed by atoms with van der Waals surface area (Å²) in [5.74, 6) is 0. The molecule has 1 aliphatic carbocycles. The molecule has 1 aromatic rings. The lowest BCUT2D eigenvalue weighted by Gasteiger charge is -2.37. The predicted octanol–water partition coefficient (Wildman–Crippen LogP) is 4.02. The second-order valence-corrected chi connectivity index (χ2v) is 6.57. The summed E-state index contributed by atoms with van der Waals surface area (Å²) in [6, 6.07) is 7.65. The largest absolute Gasteiger partial charge is 0.329 e. The van der Waals surface area contributed by atoms with Gasteiger partial charge in [0.2, 0.25) is 0 Å². The Balaban J connectivity index is 2.15. The Kier molecular flexibility index (Phi) is 5.43. The Morgan fingerprint density at radius 1 is 1.32 bits per heavy atom. The average Bonchev–Trinajstić information content (AvgIpc) is 2.44. The lowest BCUT2D eigenvalue weighted by atomic mass is 9.92. The first kappa shape index (κ1) is 15.0. The number of aryl methyl sites for hydroxylation is 1. The lowest BCUT2D eigenvalue weighted by molar-refractivity contribution is 0.140. The summed E-state index contributed by atoms with van der Waals surface area (Å²) in [6.45, 7) is 2.80. The van der Waals surface area contributed by atoms with E-state index in [9.17, 15) is 0 Å².